The van der Waals surface area contributed by atoms with Crippen molar-refractivity contribution in [1.82, 2.24) is 10.6 Å². The number of aryl methyl sites for hydroxylation is 2. The second-order valence-corrected chi connectivity index (χ2v) is 12.0. The van der Waals surface area contributed by atoms with E-state index in [9.17, 15) is 19.5 Å². The van der Waals surface area contributed by atoms with Crippen molar-refractivity contribution in [2.45, 2.75) is 78.0 Å². The molecule has 3 aromatic rings. The number of carbonyl (C=O) groups is 3. The molecule has 0 aromatic heterocycles. The van der Waals surface area contributed by atoms with Crippen molar-refractivity contribution in [3.05, 3.63) is 95.6 Å². The van der Waals surface area contributed by atoms with Gasteiger partial charge in [-0.05, 0) is 73.4 Å². The highest BCUT2D eigenvalue weighted by Gasteiger charge is 2.42. The summed E-state index contributed by atoms with van der Waals surface area (Å²) in [6.07, 6.45) is 0.397. The van der Waals surface area contributed by atoms with E-state index in [1.807, 2.05) is 113 Å². The summed E-state index contributed by atoms with van der Waals surface area (Å²) in [4.78, 5) is 38.7. The van der Waals surface area contributed by atoms with E-state index in [0.717, 1.165) is 28.2 Å². The van der Waals surface area contributed by atoms with E-state index in [1.54, 1.807) is 0 Å². The van der Waals surface area contributed by atoms with Crippen molar-refractivity contribution in [2.75, 3.05) is 0 Å². The van der Waals surface area contributed by atoms with Crippen LogP contribution in [-0.4, -0.2) is 34.5 Å². The molecule has 0 unspecified atom stereocenters. The number of hydrogen-bond donors (Lipinski definition) is 4. The number of ether oxygens (including phenoxy) is 1. The Hall–Kier alpha value is -4.17. The van der Waals surface area contributed by atoms with Gasteiger partial charge in [-0.1, -0.05) is 81.4 Å². The Morgan fingerprint density at radius 3 is 2.12 bits per heavy atom. The van der Waals surface area contributed by atoms with Gasteiger partial charge in [0.05, 0.1) is 12.5 Å². The number of para-hydroxylation sites is 1. The molecule has 3 amide bonds. The van der Waals surface area contributed by atoms with Gasteiger partial charge in [0.1, 0.15) is 17.5 Å². The van der Waals surface area contributed by atoms with E-state index in [0.29, 0.717) is 12.8 Å². The van der Waals surface area contributed by atoms with Crippen LogP contribution in [-0.2, 0) is 20.8 Å². The first-order valence-corrected chi connectivity index (χ1v) is 14.3. The predicted octanol–water partition coefficient (Wildman–Crippen LogP) is 5.12. The van der Waals surface area contributed by atoms with Gasteiger partial charge in [-0.3, -0.25) is 14.4 Å². The third kappa shape index (κ3) is 9.17. The number of nitrogens with two attached hydrogens (primary N) is 1. The lowest BCUT2D eigenvalue weighted by Gasteiger charge is -2.35. The average molecular weight is 574 g/mol. The van der Waals surface area contributed by atoms with Gasteiger partial charge in [0.15, 0.2) is 5.60 Å². The van der Waals surface area contributed by atoms with E-state index in [-0.39, 0.29) is 18.4 Å². The maximum absolute atomic E-state index is 13.5. The SMILES string of the molecule is Cc1cc(CCC[C@@](O)(CC(N)=O)C(=O)N[C@H](C(=O)N[C@H](C)c2ccccc2)C(C)(C)C)ccc1Oc1ccccc1. The summed E-state index contributed by atoms with van der Waals surface area (Å²) in [5, 5.41) is 17.1. The smallest absolute Gasteiger partial charge is 0.253 e. The molecule has 8 heteroatoms. The van der Waals surface area contributed by atoms with Gasteiger partial charge in [-0.15, -0.1) is 0 Å². The van der Waals surface area contributed by atoms with Crippen molar-refractivity contribution in [2.24, 2.45) is 11.1 Å². The molecule has 0 aliphatic carbocycles. The lowest BCUT2D eigenvalue weighted by atomic mass is 9.84. The number of primary amides is 1. The van der Waals surface area contributed by atoms with Crippen molar-refractivity contribution in [1.29, 1.82) is 0 Å². The number of benzene rings is 3. The fourth-order valence-electron chi connectivity index (χ4n) is 4.81. The molecule has 0 saturated heterocycles. The number of nitrogens with one attached hydrogen (secondary N) is 2. The minimum Gasteiger partial charge on any atom is -0.457 e. The van der Waals surface area contributed by atoms with Crippen LogP contribution in [0.3, 0.4) is 0 Å². The van der Waals surface area contributed by atoms with E-state index < -0.39 is 35.3 Å². The van der Waals surface area contributed by atoms with Crippen LogP contribution in [0.4, 0.5) is 0 Å². The van der Waals surface area contributed by atoms with Crippen LogP contribution >= 0.6 is 0 Å². The summed E-state index contributed by atoms with van der Waals surface area (Å²) >= 11 is 0. The number of rotatable bonds is 13. The second-order valence-electron chi connectivity index (χ2n) is 12.0. The van der Waals surface area contributed by atoms with E-state index in [1.165, 1.54) is 0 Å². The van der Waals surface area contributed by atoms with Gasteiger partial charge in [-0.25, -0.2) is 0 Å². The zero-order valence-corrected chi connectivity index (χ0v) is 25.1. The number of hydrogen-bond acceptors (Lipinski definition) is 5. The maximum atomic E-state index is 13.5. The number of amides is 3. The Kier molecular flexibility index (Phi) is 10.9. The van der Waals surface area contributed by atoms with Crippen LogP contribution in [0.25, 0.3) is 0 Å². The predicted molar refractivity (Wildman–Crippen MR) is 164 cm³/mol. The molecule has 0 radical (unpaired) electrons. The summed E-state index contributed by atoms with van der Waals surface area (Å²) < 4.78 is 5.95. The van der Waals surface area contributed by atoms with E-state index in [2.05, 4.69) is 10.6 Å². The Labute approximate surface area is 248 Å². The Morgan fingerprint density at radius 2 is 1.55 bits per heavy atom. The Morgan fingerprint density at radius 1 is 0.929 bits per heavy atom. The van der Waals surface area contributed by atoms with Crippen LogP contribution in [0.15, 0.2) is 78.9 Å². The largest absolute Gasteiger partial charge is 0.457 e. The monoisotopic (exact) mass is 573 g/mol. The molecule has 0 heterocycles. The normalized spacial score (nSPS) is 14.2. The quantitative estimate of drug-likeness (QED) is 0.225. The molecule has 0 fully saturated rings. The Bertz CT molecular complexity index is 1350. The summed E-state index contributed by atoms with van der Waals surface area (Å²) in [7, 11) is 0. The fourth-order valence-corrected chi connectivity index (χ4v) is 4.81. The topological polar surface area (TPSA) is 131 Å². The first-order chi connectivity index (χ1) is 19.8. The van der Waals surface area contributed by atoms with Crippen LogP contribution in [0, 0.1) is 12.3 Å². The first-order valence-electron chi connectivity index (χ1n) is 14.3. The lowest BCUT2D eigenvalue weighted by Crippen LogP contribution is -2.59. The molecular formula is C34H43N3O5. The molecular weight excluding hydrogens is 530 g/mol. The standard InChI is InChI=1S/C34H43N3O5/c1-23-21-25(18-19-28(23)42-27-16-10-7-11-17-27)13-12-20-34(41,22-29(35)38)32(40)37-30(33(3,4)5)31(39)36-24(2)26-14-8-6-9-15-26/h6-11,14-19,21,24,30,41H,12-13,20,22H2,1-5H3,(H2,35,38)(H,36,39)(H,37,40)/t24-,30-,34-/m1/s1. The summed E-state index contributed by atoms with van der Waals surface area (Å²) in [5.41, 5.74) is 5.56. The van der Waals surface area contributed by atoms with Gasteiger partial charge >= 0.3 is 0 Å². The molecule has 42 heavy (non-hydrogen) atoms. The van der Waals surface area contributed by atoms with Crippen molar-refractivity contribution in [3.8, 4) is 11.5 Å². The zero-order chi connectivity index (χ0) is 30.9. The minimum atomic E-state index is -2.06. The second kappa shape index (κ2) is 14.1. The van der Waals surface area contributed by atoms with Crippen LogP contribution in [0.1, 0.15) is 69.7 Å². The Balaban J connectivity index is 1.67. The summed E-state index contributed by atoms with van der Waals surface area (Å²) in [5.74, 6) is -0.510. The van der Waals surface area contributed by atoms with Gasteiger partial charge in [-0.2, -0.15) is 0 Å². The highest BCUT2D eigenvalue weighted by atomic mass is 16.5. The molecule has 3 rings (SSSR count). The van der Waals surface area contributed by atoms with Crippen molar-refractivity contribution >= 4 is 17.7 Å². The molecule has 0 saturated carbocycles. The van der Waals surface area contributed by atoms with Gasteiger partial charge in [0, 0.05) is 0 Å². The van der Waals surface area contributed by atoms with Crippen LogP contribution < -0.4 is 21.1 Å². The van der Waals surface area contributed by atoms with E-state index >= 15 is 0 Å². The van der Waals surface area contributed by atoms with Gasteiger partial charge in [0.25, 0.3) is 5.91 Å². The van der Waals surface area contributed by atoms with Gasteiger partial charge in [0.2, 0.25) is 11.8 Å². The fraction of sp³-hybridized carbons (Fsp3) is 0.382. The van der Waals surface area contributed by atoms with Crippen LogP contribution in [0.5, 0.6) is 11.5 Å². The molecule has 0 aliphatic rings. The molecule has 5 N–H and O–H groups in total. The average Bonchev–Trinajstić information content (AvgIpc) is 2.93. The lowest BCUT2D eigenvalue weighted by molar-refractivity contribution is -0.148. The molecule has 3 aromatic carbocycles. The number of aliphatic hydroxyl groups is 1. The highest BCUT2D eigenvalue weighted by molar-refractivity contribution is 5.94. The molecule has 3 atom stereocenters. The number of carbonyl (C=O) groups excluding carboxylic acids is 3. The zero-order valence-electron chi connectivity index (χ0n) is 25.1. The third-order valence-corrected chi connectivity index (χ3v) is 7.22. The van der Waals surface area contributed by atoms with Crippen LogP contribution in [0.2, 0.25) is 0 Å². The third-order valence-electron chi connectivity index (χ3n) is 7.22. The minimum absolute atomic E-state index is 0.0119. The molecule has 224 valence electrons. The molecule has 0 bridgehead atoms. The summed E-state index contributed by atoms with van der Waals surface area (Å²) in [6.45, 7) is 9.29. The highest BCUT2D eigenvalue weighted by Crippen LogP contribution is 2.28. The maximum Gasteiger partial charge on any atom is 0.253 e. The van der Waals surface area contributed by atoms with Crippen molar-refractivity contribution in [3.63, 3.8) is 0 Å². The summed E-state index contributed by atoms with van der Waals surface area (Å²) in [6, 6.07) is 23.6. The van der Waals surface area contributed by atoms with Gasteiger partial charge < -0.3 is 26.2 Å². The molecule has 0 spiro atoms. The first kappa shape index (κ1) is 32.3. The van der Waals surface area contributed by atoms with E-state index in [4.69, 9.17) is 10.5 Å². The molecule has 8 nitrogen and oxygen atoms in total. The van der Waals surface area contributed by atoms with Crippen molar-refractivity contribution < 1.29 is 24.2 Å². The molecule has 0 aliphatic heterocycles.